The van der Waals surface area contributed by atoms with Crippen LogP contribution in [0, 0.1) is 0 Å². The van der Waals surface area contributed by atoms with Crippen molar-refractivity contribution >= 4 is 9.84 Å². The van der Waals surface area contributed by atoms with Gasteiger partial charge in [0.2, 0.25) is 0 Å². The maximum Gasteiger partial charge on any atom is 0.154 e. The highest BCUT2D eigenvalue weighted by Gasteiger charge is 2.21. The van der Waals surface area contributed by atoms with Gasteiger partial charge in [0.15, 0.2) is 9.84 Å². The van der Waals surface area contributed by atoms with Crippen LogP contribution in [0.3, 0.4) is 0 Å². The van der Waals surface area contributed by atoms with Crippen molar-refractivity contribution in [1.29, 1.82) is 0 Å². The summed E-state index contributed by atoms with van der Waals surface area (Å²) >= 11 is 0. The molecule has 0 aromatic heterocycles. The first kappa shape index (κ1) is 15.7. The average Bonchev–Trinajstić information content (AvgIpc) is 2.48. The Labute approximate surface area is 125 Å². The fourth-order valence-corrected chi connectivity index (χ4v) is 3.82. The van der Waals surface area contributed by atoms with Gasteiger partial charge in [0.1, 0.15) is 0 Å². The summed E-state index contributed by atoms with van der Waals surface area (Å²) in [6, 6.07) is 17.4. The summed E-state index contributed by atoms with van der Waals surface area (Å²) in [6.45, 7) is 0. The summed E-state index contributed by atoms with van der Waals surface area (Å²) in [4.78, 5) is 0. The molecule has 0 saturated heterocycles. The van der Waals surface area contributed by atoms with Crippen LogP contribution in [0.25, 0.3) is 0 Å². The number of nitrogens with two attached hydrogens (primary N) is 2. The van der Waals surface area contributed by atoms with Gasteiger partial charge >= 0.3 is 0 Å². The Balaban J connectivity index is 2.02. The molecule has 2 aromatic carbocycles. The molecule has 5 heteroatoms. The second-order valence-electron chi connectivity index (χ2n) is 5.11. The summed E-state index contributed by atoms with van der Waals surface area (Å²) in [5.74, 6) is -0.199. The van der Waals surface area contributed by atoms with E-state index >= 15 is 0 Å². The molecule has 2 atom stereocenters. The largest absolute Gasteiger partial charge is 0.323 e. The van der Waals surface area contributed by atoms with E-state index in [4.69, 9.17) is 11.5 Å². The highest BCUT2D eigenvalue weighted by molar-refractivity contribution is 7.91. The first-order valence-corrected chi connectivity index (χ1v) is 8.61. The monoisotopic (exact) mass is 304 g/mol. The summed E-state index contributed by atoms with van der Waals surface area (Å²) < 4.78 is 24.5. The Morgan fingerprint density at radius 3 is 1.38 bits per heavy atom. The Hall–Kier alpha value is -1.69. The number of hydrogen-bond donors (Lipinski definition) is 2. The first-order chi connectivity index (χ1) is 9.98. The van der Waals surface area contributed by atoms with Crippen LogP contribution in [0.5, 0.6) is 0 Å². The SMILES string of the molecule is NC(CS(=O)(=O)CC(N)c1ccccc1)c1ccccc1. The third-order valence-electron chi connectivity index (χ3n) is 3.32. The molecule has 0 spiro atoms. The van der Waals surface area contributed by atoms with Crippen LogP contribution in [0.15, 0.2) is 60.7 Å². The molecule has 0 aliphatic heterocycles. The van der Waals surface area contributed by atoms with E-state index in [1.165, 1.54) is 0 Å². The van der Waals surface area contributed by atoms with Crippen LogP contribution in [-0.2, 0) is 9.84 Å². The third kappa shape index (κ3) is 4.67. The van der Waals surface area contributed by atoms with Gasteiger partial charge in [-0.3, -0.25) is 0 Å². The number of hydrogen-bond acceptors (Lipinski definition) is 4. The van der Waals surface area contributed by atoms with E-state index in [9.17, 15) is 8.42 Å². The van der Waals surface area contributed by atoms with E-state index in [1.54, 1.807) is 0 Å². The molecule has 0 radical (unpaired) electrons. The highest BCUT2D eigenvalue weighted by Crippen LogP contribution is 2.16. The van der Waals surface area contributed by atoms with Gasteiger partial charge in [0.05, 0.1) is 11.5 Å². The zero-order valence-electron chi connectivity index (χ0n) is 11.7. The molecule has 0 aliphatic rings. The lowest BCUT2D eigenvalue weighted by atomic mass is 10.1. The summed E-state index contributed by atoms with van der Waals surface area (Å²) in [6.07, 6.45) is 0. The average molecular weight is 304 g/mol. The lowest BCUT2D eigenvalue weighted by molar-refractivity contribution is 0.582. The number of rotatable bonds is 6. The Morgan fingerprint density at radius 2 is 1.05 bits per heavy atom. The molecule has 4 nitrogen and oxygen atoms in total. The van der Waals surface area contributed by atoms with Gasteiger partial charge in [-0.25, -0.2) is 8.42 Å². The van der Waals surface area contributed by atoms with Gasteiger partial charge in [-0.05, 0) is 11.1 Å². The minimum absolute atomic E-state index is 0.0997. The molecule has 2 rings (SSSR count). The Morgan fingerprint density at radius 1 is 0.714 bits per heavy atom. The van der Waals surface area contributed by atoms with Crippen LogP contribution in [0.4, 0.5) is 0 Å². The molecule has 2 aromatic rings. The predicted octanol–water partition coefficient (Wildman–Crippen LogP) is 1.80. The van der Waals surface area contributed by atoms with Gasteiger partial charge in [0.25, 0.3) is 0 Å². The zero-order chi connectivity index (χ0) is 15.3. The smallest absolute Gasteiger partial charge is 0.154 e. The normalized spacial score (nSPS) is 14.6. The van der Waals surface area contributed by atoms with E-state index in [0.717, 1.165) is 11.1 Å². The fraction of sp³-hybridized carbons (Fsp3) is 0.250. The van der Waals surface area contributed by atoms with Gasteiger partial charge in [-0.2, -0.15) is 0 Å². The topological polar surface area (TPSA) is 86.2 Å². The van der Waals surface area contributed by atoms with Crippen LogP contribution < -0.4 is 11.5 Å². The van der Waals surface area contributed by atoms with E-state index in [-0.39, 0.29) is 11.5 Å². The van der Waals surface area contributed by atoms with Crippen molar-refractivity contribution in [3.63, 3.8) is 0 Å². The maximum atomic E-state index is 12.2. The molecule has 2 unspecified atom stereocenters. The van der Waals surface area contributed by atoms with Crippen molar-refractivity contribution in [2.75, 3.05) is 11.5 Å². The molecule has 21 heavy (non-hydrogen) atoms. The maximum absolute atomic E-state index is 12.2. The van der Waals surface area contributed by atoms with Crippen molar-refractivity contribution in [3.8, 4) is 0 Å². The van der Waals surface area contributed by atoms with Crippen LogP contribution >= 0.6 is 0 Å². The lowest BCUT2D eigenvalue weighted by Crippen LogP contribution is -2.28. The van der Waals surface area contributed by atoms with Crippen molar-refractivity contribution in [1.82, 2.24) is 0 Å². The zero-order valence-corrected chi connectivity index (χ0v) is 12.5. The minimum Gasteiger partial charge on any atom is -0.323 e. The fourth-order valence-electron chi connectivity index (χ4n) is 2.21. The third-order valence-corrected chi connectivity index (χ3v) is 5.06. The molecule has 0 fully saturated rings. The van der Waals surface area contributed by atoms with Crippen molar-refractivity contribution in [3.05, 3.63) is 71.8 Å². The molecule has 0 saturated carbocycles. The predicted molar refractivity (Wildman–Crippen MR) is 85.4 cm³/mol. The lowest BCUT2D eigenvalue weighted by Gasteiger charge is -2.16. The molecule has 0 aliphatic carbocycles. The van der Waals surface area contributed by atoms with Crippen LogP contribution in [-0.4, -0.2) is 19.9 Å². The highest BCUT2D eigenvalue weighted by atomic mass is 32.2. The van der Waals surface area contributed by atoms with E-state index in [1.807, 2.05) is 60.7 Å². The molecular weight excluding hydrogens is 284 g/mol. The summed E-state index contributed by atoms with van der Waals surface area (Å²) in [7, 11) is -3.33. The molecule has 0 amide bonds. The van der Waals surface area contributed by atoms with E-state index < -0.39 is 21.9 Å². The minimum atomic E-state index is -3.33. The van der Waals surface area contributed by atoms with Crippen molar-refractivity contribution in [2.45, 2.75) is 12.1 Å². The van der Waals surface area contributed by atoms with Crippen LogP contribution in [0.2, 0.25) is 0 Å². The molecule has 0 bridgehead atoms. The summed E-state index contributed by atoms with van der Waals surface area (Å²) in [5, 5.41) is 0. The van der Waals surface area contributed by atoms with Gasteiger partial charge < -0.3 is 11.5 Å². The Kier molecular flexibility index (Phi) is 5.12. The Bertz CT molecular complexity index is 604. The molecule has 112 valence electrons. The standard InChI is InChI=1S/C16H20N2O2S/c17-15(13-7-3-1-4-8-13)11-21(19,20)12-16(18)14-9-5-2-6-10-14/h1-10,15-16H,11-12,17-18H2. The van der Waals surface area contributed by atoms with Gasteiger partial charge in [-0.1, -0.05) is 60.7 Å². The number of benzene rings is 2. The van der Waals surface area contributed by atoms with E-state index in [0.29, 0.717) is 0 Å². The molecule has 4 N–H and O–H groups in total. The van der Waals surface area contributed by atoms with Crippen molar-refractivity contribution in [2.24, 2.45) is 11.5 Å². The van der Waals surface area contributed by atoms with Gasteiger partial charge in [0, 0.05) is 12.1 Å². The second kappa shape index (κ2) is 6.85. The molecule has 0 heterocycles. The first-order valence-electron chi connectivity index (χ1n) is 6.79. The van der Waals surface area contributed by atoms with Crippen molar-refractivity contribution < 1.29 is 8.42 Å². The van der Waals surface area contributed by atoms with E-state index in [2.05, 4.69) is 0 Å². The number of sulfone groups is 1. The van der Waals surface area contributed by atoms with Gasteiger partial charge in [-0.15, -0.1) is 0 Å². The second-order valence-corrected chi connectivity index (χ2v) is 7.27. The molecular formula is C16H20N2O2S. The summed E-state index contributed by atoms with van der Waals surface area (Å²) in [5.41, 5.74) is 13.6. The quantitative estimate of drug-likeness (QED) is 0.852. The van der Waals surface area contributed by atoms with Crippen LogP contribution in [0.1, 0.15) is 23.2 Å².